The van der Waals surface area contributed by atoms with E-state index in [0.717, 1.165) is 5.56 Å². The maximum Gasteiger partial charge on any atom is 0.339 e. The average Bonchev–Trinajstić information content (AvgIpc) is 2.82. The molecule has 1 heterocycles. The number of aliphatic hydroxyl groups excluding tert-OH is 1. The number of amides is 1. The Morgan fingerprint density at radius 2 is 1.70 bits per heavy atom. The lowest BCUT2D eigenvalue weighted by atomic mass is 9.88. The van der Waals surface area contributed by atoms with Gasteiger partial charge in [0.15, 0.2) is 0 Å². The fourth-order valence-electron chi connectivity index (χ4n) is 4.10. The molecule has 2 N–H and O–H groups in total. The summed E-state index contributed by atoms with van der Waals surface area (Å²) in [5, 5.41) is 14.5. The quantitative estimate of drug-likeness (QED) is 0.455. The first-order valence-electron chi connectivity index (χ1n) is 11.4. The van der Waals surface area contributed by atoms with Crippen LogP contribution in [-0.4, -0.2) is 41.2 Å². The van der Waals surface area contributed by atoms with E-state index >= 15 is 0 Å². The van der Waals surface area contributed by atoms with Gasteiger partial charge in [-0.1, -0.05) is 62.4 Å². The van der Waals surface area contributed by atoms with Crippen molar-refractivity contribution in [3.63, 3.8) is 0 Å². The van der Waals surface area contributed by atoms with Crippen LogP contribution in [0, 0.1) is 11.8 Å². The third-order valence-corrected chi connectivity index (χ3v) is 5.74. The molecule has 0 fully saturated rings. The summed E-state index contributed by atoms with van der Waals surface area (Å²) >= 11 is 0. The van der Waals surface area contributed by atoms with Gasteiger partial charge in [-0.25, -0.2) is 4.79 Å². The predicted octanol–water partition coefficient (Wildman–Crippen LogP) is 4.16. The second-order valence-electron chi connectivity index (χ2n) is 8.75. The molecule has 6 nitrogen and oxygen atoms in total. The van der Waals surface area contributed by atoms with Crippen LogP contribution in [0.25, 0.3) is 10.9 Å². The van der Waals surface area contributed by atoms with E-state index in [1.54, 1.807) is 19.3 Å². The number of para-hydroxylation sites is 1. The molecule has 0 aliphatic carbocycles. The summed E-state index contributed by atoms with van der Waals surface area (Å²) < 4.78 is 5.88. The molecular weight excluding hydrogens is 416 g/mol. The monoisotopic (exact) mass is 448 g/mol. The van der Waals surface area contributed by atoms with Crippen LogP contribution in [0.4, 0.5) is 0 Å². The maximum absolute atomic E-state index is 13.2. The van der Waals surface area contributed by atoms with Crippen molar-refractivity contribution in [2.24, 2.45) is 11.8 Å². The van der Waals surface area contributed by atoms with Gasteiger partial charge in [-0.3, -0.25) is 9.78 Å². The van der Waals surface area contributed by atoms with E-state index in [2.05, 4.69) is 10.3 Å². The zero-order valence-corrected chi connectivity index (χ0v) is 19.4. The van der Waals surface area contributed by atoms with E-state index in [1.807, 2.05) is 68.4 Å². The molecule has 0 aliphatic rings. The highest BCUT2D eigenvalue weighted by atomic mass is 16.6. The molecule has 174 valence electrons. The van der Waals surface area contributed by atoms with Gasteiger partial charge in [0.05, 0.1) is 17.2 Å². The second kappa shape index (κ2) is 11.6. The largest absolute Gasteiger partial charge is 0.456 e. The van der Waals surface area contributed by atoms with Crippen LogP contribution in [0.2, 0.25) is 0 Å². The molecule has 0 aliphatic heterocycles. The number of hydrogen-bond acceptors (Lipinski definition) is 5. The third-order valence-electron chi connectivity index (χ3n) is 5.74. The van der Waals surface area contributed by atoms with Crippen LogP contribution in [0.1, 0.15) is 42.6 Å². The summed E-state index contributed by atoms with van der Waals surface area (Å²) in [5.41, 5.74) is 2.04. The van der Waals surface area contributed by atoms with E-state index in [4.69, 9.17) is 4.74 Å². The van der Waals surface area contributed by atoms with Gasteiger partial charge in [-0.05, 0) is 36.5 Å². The van der Waals surface area contributed by atoms with Gasteiger partial charge in [0.2, 0.25) is 5.91 Å². The van der Waals surface area contributed by atoms with Gasteiger partial charge >= 0.3 is 5.97 Å². The smallest absolute Gasteiger partial charge is 0.339 e. The van der Waals surface area contributed by atoms with Crippen molar-refractivity contribution in [1.82, 2.24) is 10.3 Å². The molecule has 6 heteroatoms. The van der Waals surface area contributed by atoms with Crippen molar-refractivity contribution >= 4 is 22.8 Å². The number of aromatic nitrogens is 1. The first kappa shape index (κ1) is 24.4. The molecule has 1 amide bonds. The molecule has 33 heavy (non-hydrogen) atoms. The Morgan fingerprint density at radius 3 is 2.39 bits per heavy atom. The zero-order valence-electron chi connectivity index (χ0n) is 19.4. The minimum absolute atomic E-state index is 0.118. The van der Waals surface area contributed by atoms with Crippen LogP contribution >= 0.6 is 0 Å². The lowest BCUT2D eigenvalue weighted by Gasteiger charge is -2.27. The Hall–Kier alpha value is -3.25. The maximum atomic E-state index is 13.2. The van der Waals surface area contributed by atoms with Crippen LogP contribution < -0.4 is 5.32 Å². The molecule has 0 saturated heterocycles. The SMILES string of the molecule is CNC(=O)[C@H](CC(C)C)C[C@H](O)[C@H](Cc1ccccc1)OC(=O)c1ccnc2ccccc12. The number of esters is 1. The van der Waals surface area contributed by atoms with Crippen molar-refractivity contribution in [2.45, 2.75) is 45.3 Å². The number of ether oxygens (including phenoxy) is 1. The summed E-state index contributed by atoms with van der Waals surface area (Å²) in [6.07, 6.45) is 0.969. The van der Waals surface area contributed by atoms with Crippen molar-refractivity contribution in [3.8, 4) is 0 Å². The fourth-order valence-corrected chi connectivity index (χ4v) is 4.10. The van der Waals surface area contributed by atoms with E-state index < -0.39 is 18.2 Å². The Bertz CT molecular complexity index is 1060. The van der Waals surface area contributed by atoms with Gasteiger partial charge in [0.25, 0.3) is 0 Å². The highest BCUT2D eigenvalue weighted by Crippen LogP contribution is 2.24. The van der Waals surface area contributed by atoms with E-state index in [-0.39, 0.29) is 24.2 Å². The molecule has 3 aromatic rings. The minimum atomic E-state index is -0.997. The number of fused-ring (bicyclic) bond motifs is 1. The number of carbonyl (C=O) groups is 2. The molecule has 1 aromatic heterocycles. The second-order valence-corrected chi connectivity index (χ2v) is 8.75. The molecule has 0 bridgehead atoms. The summed E-state index contributed by atoms with van der Waals surface area (Å²) in [7, 11) is 1.60. The van der Waals surface area contributed by atoms with E-state index in [1.165, 1.54) is 0 Å². The molecule has 2 aromatic carbocycles. The topological polar surface area (TPSA) is 88.5 Å². The van der Waals surface area contributed by atoms with Gasteiger partial charge in [-0.2, -0.15) is 0 Å². The molecule has 0 spiro atoms. The van der Waals surface area contributed by atoms with Crippen LogP contribution in [0.3, 0.4) is 0 Å². The number of benzene rings is 2. The molecule has 0 radical (unpaired) electrons. The number of aliphatic hydroxyl groups is 1. The summed E-state index contributed by atoms with van der Waals surface area (Å²) in [6.45, 7) is 4.08. The molecule has 0 unspecified atom stereocenters. The molecule has 3 atom stereocenters. The number of nitrogens with zero attached hydrogens (tertiary/aromatic N) is 1. The number of pyridine rings is 1. The highest BCUT2D eigenvalue weighted by molar-refractivity contribution is 6.03. The number of nitrogens with one attached hydrogen (secondary N) is 1. The standard InChI is InChI=1S/C27H32N2O4/c1-18(2)15-20(26(31)28-3)17-24(30)25(16-19-9-5-4-6-10-19)33-27(32)22-13-14-29-23-12-8-7-11-21(22)23/h4-14,18,20,24-25,30H,15-17H2,1-3H3,(H,28,31)/t20-,24+,25+/m1/s1. The Kier molecular flexibility index (Phi) is 8.55. The normalized spacial score (nSPS) is 14.0. The summed E-state index contributed by atoms with van der Waals surface area (Å²) in [6, 6.07) is 18.6. The number of carbonyl (C=O) groups excluding carboxylic acids is 2. The number of hydrogen-bond donors (Lipinski definition) is 2. The van der Waals surface area contributed by atoms with E-state index in [0.29, 0.717) is 29.3 Å². The highest BCUT2D eigenvalue weighted by Gasteiger charge is 2.30. The fraction of sp³-hybridized carbons (Fsp3) is 0.370. The molecule has 3 rings (SSSR count). The summed E-state index contributed by atoms with van der Waals surface area (Å²) in [4.78, 5) is 29.9. The van der Waals surface area contributed by atoms with Crippen molar-refractivity contribution in [2.75, 3.05) is 7.05 Å². The van der Waals surface area contributed by atoms with E-state index in [9.17, 15) is 14.7 Å². The minimum Gasteiger partial charge on any atom is -0.456 e. The first-order chi connectivity index (χ1) is 15.9. The Balaban J connectivity index is 1.85. The van der Waals surface area contributed by atoms with Crippen molar-refractivity contribution < 1.29 is 19.4 Å². The number of rotatable bonds is 10. The van der Waals surface area contributed by atoms with Crippen molar-refractivity contribution in [1.29, 1.82) is 0 Å². The van der Waals surface area contributed by atoms with Gasteiger partial charge < -0.3 is 15.2 Å². The molecule has 0 saturated carbocycles. The molecular formula is C27H32N2O4. The van der Waals surface area contributed by atoms with Gasteiger partial charge in [0.1, 0.15) is 6.10 Å². The Labute approximate surface area is 195 Å². The average molecular weight is 449 g/mol. The zero-order chi connectivity index (χ0) is 23.8. The lowest BCUT2D eigenvalue weighted by molar-refractivity contribution is -0.126. The predicted molar refractivity (Wildman–Crippen MR) is 129 cm³/mol. The third kappa shape index (κ3) is 6.62. The van der Waals surface area contributed by atoms with Gasteiger partial charge in [0, 0.05) is 31.0 Å². The Morgan fingerprint density at radius 1 is 1.00 bits per heavy atom. The van der Waals surface area contributed by atoms with Crippen molar-refractivity contribution in [3.05, 3.63) is 78.0 Å². The summed E-state index contributed by atoms with van der Waals surface area (Å²) in [5.74, 6) is -0.719. The van der Waals surface area contributed by atoms with Crippen LogP contribution in [0.15, 0.2) is 66.9 Å². The van der Waals surface area contributed by atoms with Crippen LogP contribution in [0.5, 0.6) is 0 Å². The van der Waals surface area contributed by atoms with Crippen LogP contribution in [-0.2, 0) is 16.0 Å². The van der Waals surface area contributed by atoms with Gasteiger partial charge in [-0.15, -0.1) is 0 Å². The first-order valence-corrected chi connectivity index (χ1v) is 11.4. The lowest BCUT2D eigenvalue weighted by Crippen LogP contribution is -2.38.